The predicted molar refractivity (Wildman–Crippen MR) is 52.8 cm³/mol. The number of hydrogen-bond acceptors (Lipinski definition) is 0. The molecule has 0 unspecified atom stereocenters. The Morgan fingerprint density at radius 2 is 1.60 bits per heavy atom. The fourth-order valence-corrected chi connectivity index (χ4v) is 2.57. The summed E-state index contributed by atoms with van der Waals surface area (Å²) in [5.41, 5.74) is 0. The molecule has 6 heteroatoms. The van der Waals surface area contributed by atoms with Gasteiger partial charge in [-0.15, -0.1) is 56.4 Å². The Bertz CT molecular complexity index is 88.1. The molecular formula is C4H7Cl5Si. The van der Waals surface area contributed by atoms with Crippen LogP contribution in [-0.2, 0) is 0 Å². The minimum Gasteiger partial charge on any atom is -0.126 e. The topological polar surface area (TPSA) is 0 Å². The van der Waals surface area contributed by atoms with Gasteiger partial charge in [-0.1, -0.05) is 0 Å². The Morgan fingerprint density at radius 3 is 1.90 bits per heavy atom. The second kappa shape index (κ2) is 5.34. The number of hydrogen-bond donors (Lipinski definition) is 0. The average molecular weight is 260 g/mol. The van der Waals surface area contributed by atoms with Crippen LogP contribution in [-0.4, -0.2) is 10.8 Å². The summed E-state index contributed by atoms with van der Waals surface area (Å²) in [6, 6.07) is -1.79. The molecule has 0 radical (unpaired) electrons. The third-order valence-electron chi connectivity index (χ3n) is 0.883. The van der Waals surface area contributed by atoms with E-state index in [1.54, 1.807) is 0 Å². The van der Waals surface area contributed by atoms with Crippen LogP contribution in [0.5, 0.6) is 0 Å². The van der Waals surface area contributed by atoms with Gasteiger partial charge < -0.3 is 0 Å². The number of halogens is 5. The molecular weight excluding hydrogens is 253 g/mol. The SMILES string of the molecule is ClC(Cl)CCC[Si](Cl)(Cl)Cl. The summed E-state index contributed by atoms with van der Waals surface area (Å²) in [5, 5.41) is 0. The van der Waals surface area contributed by atoms with Crippen molar-refractivity contribution in [3.63, 3.8) is 0 Å². The molecule has 0 fully saturated rings. The highest BCUT2D eigenvalue weighted by Gasteiger charge is 2.23. The van der Waals surface area contributed by atoms with E-state index in [2.05, 4.69) is 0 Å². The minimum absolute atomic E-state index is 0.332. The zero-order valence-electron chi connectivity index (χ0n) is 5.09. The minimum atomic E-state index is -2.42. The second-order valence-electron chi connectivity index (χ2n) is 1.90. The van der Waals surface area contributed by atoms with Gasteiger partial charge in [-0.2, -0.15) is 0 Å². The summed E-state index contributed by atoms with van der Waals surface area (Å²) in [7, 11) is 0. The van der Waals surface area contributed by atoms with Crippen LogP contribution >= 0.6 is 56.4 Å². The van der Waals surface area contributed by atoms with Gasteiger partial charge in [0.2, 0.25) is 0 Å². The predicted octanol–water partition coefficient (Wildman–Crippen LogP) is 4.23. The molecule has 0 aliphatic carbocycles. The monoisotopic (exact) mass is 258 g/mol. The number of rotatable bonds is 4. The van der Waals surface area contributed by atoms with E-state index in [0.717, 1.165) is 6.42 Å². The molecule has 0 spiro atoms. The molecule has 0 rings (SSSR count). The van der Waals surface area contributed by atoms with Crippen LogP contribution < -0.4 is 0 Å². The van der Waals surface area contributed by atoms with Crippen molar-refractivity contribution in [2.45, 2.75) is 23.7 Å². The molecule has 0 atom stereocenters. The van der Waals surface area contributed by atoms with Crippen molar-refractivity contribution < 1.29 is 0 Å². The van der Waals surface area contributed by atoms with Crippen LogP contribution in [0.25, 0.3) is 0 Å². The van der Waals surface area contributed by atoms with Crippen LogP contribution in [0.15, 0.2) is 0 Å². The highest BCUT2D eigenvalue weighted by Crippen LogP contribution is 2.28. The third-order valence-corrected chi connectivity index (χ3v) is 3.94. The molecule has 0 bridgehead atoms. The van der Waals surface area contributed by atoms with Crippen LogP contribution in [0.4, 0.5) is 0 Å². The van der Waals surface area contributed by atoms with Gasteiger partial charge in [-0.05, 0) is 18.9 Å². The lowest BCUT2D eigenvalue weighted by atomic mass is 10.4. The van der Waals surface area contributed by atoms with Gasteiger partial charge in [0.15, 0.2) is 0 Å². The molecule has 0 N–H and O–H groups in total. The van der Waals surface area contributed by atoms with E-state index in [4.69, 9.17) is 56.4 Å². The second-order valence-corrected chi connectivity index (χ2v) is 12.5. The standard InChI is InChI=1S/C4H7Cl5Si/c5-4(6)2-1-3-10(7,8)9/h4H,1-3H2. The largest absolute Gasteiger partial charge is 0.341 e. The van der Waals surface area contributed by atoms with Crippen molar-refractivity contribution in [3.8, 4) is 0 Å². The Balaban J connectivity index is 3.21. The Kier molecular flexibility index (Phi) is 6.23. The van der Waals surface area contributed by atoms with Crippen molar-refractivity contribution in [1.29, 1.82) is 0 Å². The van der Waals surface area contributed by atoms with Crippen molar-refractivity contribution >= 4 is 62.4 Å². The van der Waals surface area contributed by atoms with Gasteiger partial charge in [0, 0.05) is 0 Å². The molecule has 0 aromatic rings. The molecule has 0 saturated carbocycles. The maximum Gasteiger partial charge on any atom is 0.341 e. The lowest BCUT2D eigenvalue weighted by molar-refractivity contribution is 0.854. The van der Waals surface area contributed by atoms with E-state index in [1.807, 2.05) is 0 Å². The van der Waals surface area contributed by atoms with Crippen molar-refractivity contribution in [2.75, 3.05) is 0 Å². The van der Waals surface area contributed by atoms with E-state index in [0.29, 0.717) is 12.5 Å². The third kappa shape index (κ3) is 9.67. The van der Waals surface area contributed by atoms with E-state index >= 15 is 0 Å². The first-order chi connectivity index (χ1) is 4.42. The van der Waals surface area contributed by atoms with Gasteiger partial charge in [0.1, 0.15) is 4.84 Å². The van der Waals surface area contributed by atoms with Gasteiger partial charge in [0.25, 0.3) is 0 Å². The Hall–Kier alpha value is 1.67. The molecule has 0 aliphatic rings. The molecule has 62 valence electrons. The van der Waals surface area contributed by atoms with E-state index in [-0.39, 0.29) is 4.84 Å². The van der Waals surface area contributed by atoms with Crippen molar-refractivity contribution in [2.24, 2.45) is 0 Å². The average Bonchev–Trinajstić information content (AvgIpc) is 1.59. The van der Waals surface area contributed by atoms with E-state index in [1.165, 1.54) is 0 Å². The zero-order chi connectivity index (χ0) is 8.20. The summed E-state index contributed by atoms with van der Waals surface area (Å²) >= 11 is 27.7. The number of alkyl halides is 2. The summed E-state index contributed by atoms with van der Waals surface area (Å²) in [5.74, 6) is 0. The molecule has 0 aromatic heterocycles. The molecule has 0 nitrogen and oxygen atoms in total. The van der Waals surface area contributed by atoms with Gasteiger partial charge in [0.05, 0.1) is 0 Å². The molecule has 0 aromatic carbocycles. The quantitative estimate of drug-likeness (QED) is 0.403. The fourth-order valence-electron chi connectivity index (χ4n) is 0.457. The van der Waals surface area contributed by atoms with Crippen LogP contribution in [0.2, 0.25) is 6.04 Å². The van der Waals surface area contributed by atoms with Gasteiger partial charge in [-0.3, -0.25) is 0 Å². The molecule has 0 aliphatic heterocycles. The Labute approximate surface area is 85.8 Å². The maximum atomic E-state index is 5.60. The normalized spacial score (nSPS) is 12.6. The highest BCUT2D eigenvalue weighted by molar-refractivity contribution is 7.64. The first-order valence-corrected chi connectivity index (χ1v) is 8.88. The zero-order valence-corrected chi connectivity index (χ0v) is 9.87. The molecule has 0 saturated heterocycles. The Morgan fingerprint density at radius 1 is 1.10 bits per heavy atom. The lowest BCUT2D eigenvalue weighted by Crippen LogP contribution is -2.08. The lowest BCUT2D eigenvalue weighted by Gasteiger charge is -2.06. The van der Waals surface area contributed by atoms with Gasteiger partial charge >= 0.3 is 6.00 Å². The molecule has 10 heavy (non-hydrogen) atoms. The fraction of sp³-hybridized carbons (Fsp3) is 1.00. The van der Waals surface area contributed by atoms with E-state index < -0.39 is 6.00 Å². The summed E-state index contributed by atoms with van der Waals surface area (Å²) in [6.07, 6.45) is 1.49. The first-order valence-electron chi connectivity index (χ1n) is 2.77. The van der Waals surface area contributed by atoms with Crippen LogP contribution in [0.1, 0.15) is 12.8 Å². The van der Waals surface area contributed by atoms with Crippen molar-refractivity contribution in [1.82, 2.24) is 0 Å². The summed E-state index contributed by atoms with van der Waals surface area (Å²) in [6.45, 7) is 0. The summed E-state index contributed by atoms with van der Waals surface area (Å²) < 4.78 is 0. The summed E-state index contributed by atoms with van der Waals surface area (Å²) in [4.78, 5) is -0.332. The maximum absolute atomic E-state index is 5.60. The molecule has 0 amide bonds. The molecule has 0 heterocycles. The van der Waals surface area contributed by atoms with E-state index in [9.17, 15) is 0 Å². The van der Waals surface area contributed by atoms with Crippen LogP contribution in [0, 0.1) is 0 Å². The first kappa shape index (κ1) is 11.7. The van der Waals surface area contributed by atoms with Gasteiger partial charge in [-0.25, -0.2) is 0 Å². The smallest absolute Gasteiger partial charge is 0.126 e. The highest BCUT2D eigenvalue weighted by atomic mass is 35.8. The van der Waals surface area contributed by atoms with Crippen molar-refractivity contribution in [3.05, 3.63) is 0 Å². The van der Waals surface area contributed by atoms with Crippen LogP contribution in [0.3, 0.4) is 0 Å².